The van der Waals surface area contributed by atoms with Crippen LogP contribution in [0, 0.1) is 5.82 Å². The van der Waals surface area contributed by atoms with Gasteiger partial charge in [0, 0.05) is 33.8 Å². The summed E-state index contributed by atoms with van der Waals surface area (Å²) in [6.45, 7) is 0.0980. The van der Waals surface area contributed by atoms with E-state index in [9.17, 15) is 19.1 Å². The zero-order valence-electron chi connectivity index (χ0n) is 17.5. The Labute approximate surface area is 186 Å². The maximum atomic E-state index is 14.3. The number of hydrogen-bond donors (Lipinski definition) is 3. The maximum absolute atomic E-state index is 14.3. The molecule has 1 aliphatic carbocycles. The van der Waals surface area contributed by atoms with Crippen LogP contribution in [0.5, 0.6) is 0 Å². The number of nitrogens with zero attached hydrogens (tertiary/aromatic N) is 2. The molecule has 5 aromatic rings. The van der Waals surface area contributed by atoms with Crippen LogP contribution in [0.2, 0.25) is 0 Å². The fourth-order valence-corrected chi connectivity index (χ4v) is 5.07. The van der Waals surface area contributed by atoms with Gasteiger partial charge in [0.25, 0.3) is 5.56 Å². The van der Waals surface area contributed by atoms with Crippen molar-refractivity contribution in [2.75, 3.05) is 0 Å². The Kier molecular flexibility index (Phi) is 4.23. The Balaban J connectivity index is 1.70. The molecule has 0 amide bonds. The first-order chi connectivity index (χ1) is 16.0. The fraction of sp³-hybridized carbons (Fsp3) is 0.160. The van der Waals surface area contributed by atoms with Crippen molar-refractivity contribution in [2.45, 2.75) is 25.8 Å². The number of aromatic carboxylic acids is 1. The van der Waals surface area contributed by atoms with Crippen LogP contribution in [0.3, 0.4) is 0 Å². The standard InChI is InChI=1S/C25H19FN4O3/c26-16-7-15(22-19(10-16)28-12-29-22)11-30-20-9-14-4-1-3-13(14)8-18(20)21(23(30)25(32)33)17-5-2-6-27-24(17)31/h2,5-10,12H,1,3-4,11H2,(H,27,31)(H,28,29)(H,32,33). The number of rotatable bonds is 4. The van der Waals surface area contributed by atoms with Crippen molar-refractivity contribution in [1.29, 1.82) is 0 Å². The number of aromatic amines is 2. The van der Waals surface area contributed by atoms with Crippen LogP contribution in [0.15, 0.2) is 53.7 Å². The van der Waals surface area contributed by atoms with Gasteiger partial charge in [0.1, 0.15) is 11.5 Å². The Morgan fingerprint density at radius 2 is 1.97 bits per heavy atom. The van der Waals surface area contributed by atoms with Crippen LogP contribution < -0.4 is 5.56 Å². The lowest BCUT2D eigenvalue weighted by molar-refractivity contribution is 0.0687. The van der Waals surface area contributed by atoms with Crippen LogP contribution in [0.25, 0.3) is 33.1 Å². The Hall–Kier alpha value is -4.20. The van der Waals surface area contributed by atoms with Gasteiger partial charge >= 0.3 is 5.97 Å². The molecule has 0 unspecified atom stereocenters. The van der Waals surface area contributed by atoms with Crippen LogP contribution in [0.4, 0.5) is 4.39 Å². The number of aryl methyl sites for hydroxylation is 2. The van der Waals surface area contributed by atoms with Gasteiger partial charge in [-0.3, -0.25) is 4.79 Å². The molecular weight excluding hydrogens is 423 g/mol. The molecule has 0 aliphatic heterocycles. The zero-order valence-corrected chi connectivity index (χ0v) is 17.5. The van der Waals surface area contributed by atoms with Crippen LogP contribution in [-0.2, 0) is 19.4 Å². The third kappa shape index (κ3) is 2.98. The van der Waals surface area contributed by atoms with E-state index in [2.05, 4.69) is 15.0 Å². The molecular formula is C25H19FN4O3. The average molecular weight is 442 g/mol. The van der Waals surface area contributed by atoms with Crippen molar-refractivity contribution in [2.24, 2.45) is 0 Å². The number of imidazole rings is 1. The largest absolute Gasteiger partial charge is 0.477 e. The summed E-state index contributed by atoms with van der Waals surface area (Å²) in [5.41, 5.74) is 5.04. The number of H-pyrrole nitrogens is 2. The van der Waals surface area contributed by atoms with Crippen molar-refractivity contribution >= 4 is 27.9 Å². The summed E-state index contributed by atoms with van der Waals surface area (Å²) in [6, 6.07) is 10.1. The number of benzene rings is 2. The van der Waals surface area contributed by atoms with Gasteiger partial charge in [-0.2, -0.15) is 0 Å². The molecule has 33 heavy (non-hydrogen) atoms. The van der Waals surface area contributed by atoms with Gasteiger partial charge in [-0.15, -0.1) is 0 Å². The van der Waals surface area contributed by atoms with Gasteiger partial charge < -0.3 is 19.6 Å². The van der Waals surface area contributed by atoms with E-state index in [0.29, 0.717) is 38.6 Å². The van der Waals surface area contributed by atoms with Crippen LogP contribution in [0.1, 0.15) is 33.6 Å². The zero-order chi connectivity index (χ0) is 22.7. The number of aromatic nitrogens is 4. The molecule has 0 saturated heterocycles. The first-order valence-electron chi connectivity index (χ1n) is 10.7. The molecule has 8 heteroatoms. The molecule has 1 aliphatic rings. The lowest BCUT2D eigenvalue weighted by atomic mass is 10.00. The van der Waals surface area contributed by atoms with Gasteiger partial charge in [-0.05, 0) is 66.8 Å². The van der Waals surface area contributed by atoms with Crippen molar-refractivity contribution in [3.63, 3.8) is 0 Å². The van der Waals surface area contributed by atoms with E-state index in [0.717, 1.165) is 19.3 Å². The lowest BCUT2D eigenvalue weighted by Gasteiger charge is -2.11. The smallest absolute Gasteiger partial charge is 0.353 e. The van der Waals surface area contributed by atoms with Gasteiger partial charge in [-0.25, -0.2) is 14.2 Å². The van der Waals surface area contributed by atoms with Crippen LogP contribution in [-0.4, -0.2) is 30.6 Å². The number of carboxylic acid groups (broad SMARTS) is 1. The Morgan fingerprint density at radius 1 is 1.15 bits per heavy atom. The second-order valence-corrected chi connectivity index (χ2v) is 8.38. The number of hydrogen-bond acceptors (Lipinski definition) is 3. The van der Waals surface area contributed by atoms with Crippen molar-refractivity contribution < 1.29 is 14.3 Å². The monoisotopic (exact) mass is 442 g/mol. The predicted molar refractivity (Wildman–Crippen MR) is 122 cm³/mol. The maximum Gasteiger partial charge on any atom is 0.353 e. The molecule has 0 radical (unpaired) electrons. The quantitative estimate of drug-likeness (QED) is 0.387. The van der Waals surface area contributed by atoms with E-state index < -0.39 is 11.8 Å². The number of nitrogens with one attached hydrogen (secondary N) is 2. The van der Waals surface area contributed by atoms with E-state index in [-0.39, 0.29) is 17.8 Å². The summed E-state index contributed by atoms with van der Waals surface area (Å²) in [5.74, 6) is -1.59. The van der Waals surface area contributed by atoms with Gasteiger partial charge in [0.15, 0.2) is 0 Å². The summed E-state index contributed by atoms with van der Waals surface area (Å²) in [4.78, 5) is 35.2. The first-order valence-corrected chi connectivity index (χ1v) is 10.7. The lowest BCUT2D eigenvalue weighted by Crippen LogP contribution is -2.14. The van der Waals surface area contributed by atoms with Crippen molar-refractivity contribution in [3.8, 4) is 11.1 Å². The summed E-state index contributed by atoms with van der Waals surface area (Å²) in [6.07, 6.45) is 5.88. The molecule has 3 N–H and O–H groups in total. The molecule has 2 aromatic carbocycles. The SMILES string of the molecule is O=C(O)c1c(-c2ccc[nH]c2=O)c2cc3c(cc2n1Cc1cc(F)cc2[nH]cnc12)CCC3. The van der Waals surface area contributed by atoms with Gasteiger partial charge in [0.05, 0.1) is 23.9 Å². The fourth-order valence-electron chi connectivity index (χ4n) is 5.07. The Morgan fingerprint density at radius 3 is 2.76 bits per heavy atom. The topological polar surface area (TPSA) is 104 Å². The van der Waals surface area contributed by atoms with Crippen molar-refractivity contribution in [3.05, 3.63) is 87.5 Å². The number of carboxylic acids is 1. The average Bonchev–Trinajstić information content (AvgIpc) is 3.50. The highest BCUT2D eigenvalue weighted by Gasteiger charge is 2.27. The van der Waals surface area contributed by atoms with Crippen molar-refractivity contribution in [1.82, 2.24) is 19.5 Å². The number of carbonyl (C=O) groups is 1. The minimum absolute atomic E-state index is 0.00156. The van der Waals surface area contributed by atoms with E-state index in [4.69, 9.17) is 0 Å². The molecule has 164 valence electrons. The molecule has 0 bridgehead atoms. The normalized spacial score (nSPS) is 13.1. The third-order valence-corrected chi connectivity index (χ3v) is 6.46. The molecule has 0 saturated carbocycles. The third-order valence-electron chi connectivity index (χ3n) is 6.46. The first kappa shape index (κ1) is 19.5. The molecule has 3 heterocycles. The highest BCUT2D eigenvalue weighted by molar-refractivity contribution is 6.08. The highest BCUT2D eigenvalue weighted by Crippen LogP contribution is 2.38. The molecule has 0 spiro atoms. The van der Waals surface area contributed by atoms with E-state index in [1.54, 1.807) is 16.7 Å². The Bertz CT molecular complexity index is 1640. The minimum Gasteiger partial charge on any atom is -0.477 e. The number of fused-ring (bicyclic) bond motifs is 3. The second-order valence-electron chi connectivity index (χ2n) is 8.38. The van der Waals surface area contributed by atoms with E-state index in [1.165, 1.54) is 35.8 Å². The molecule has 3 aromatic heterocycles. The summed E-state index contributed by atoms with van der Waals surface area (Å²) < 4.78 is 16.0. The van der Waals surface area contributed by atoms with Crippen LogP contribution >= 0.6 is 0 Å². The van der Waals surface area contributed by atoms with E-state index >= 15 is 0 Å². The highest BCUT2D eigenvalue weighted by atomic mass is 19.1. The molecule has 6 rings (SSSR count). The number of pyridine rings is 1. The predicted octanol–water partition coefficient (Wildman–Crippen LogP) is 4.25. The number of halogens is 1. The molecule has 7 nitrogen and oxygen atoms in total. The van der Waals surface area contributed by atoms with Gasteiger partial charge in [-0.1, -0.05) is 0 Å². The summed E-state index contributed by atoms with van der Waals surface area (Å²) in [7, 11) is 0. The summed E-state index contributed by atoms with van der Waals surface area (Å²) in [5, 5.41) is 11.0. The summed E-state index contributed by atoms with van der Waals surface area (Å²) >= 11 is 0. The van der Waals surface area contributed by atoms with Gasteiger partial charge in [0.2, 0.25) is 0 Å². The second kappa shape index (κ2) is 7.16. The van der Waals surface area contributed by atoms with E-state index in [1.807, 2.05) is 12.1 Å². The molecule has 0 fully saturated rings. The minimum atomic E-state index is -1.15. The molecule has 0 atom stereocenters.